The number of carbonyl (C=O) groups is 2. The van der Waals surface area contributed by atoms with E-state index in [1.807, 2.05) is 13.8 Å². The van der Waals surface area contributed by atoms with Gasteiger partial charge in [-0.05, 0) is 25.8 Å². The van der Waals surface area contributed by atoms with Crippen molar-refractivity contribution in [3.8, 4) is 0 Å². The third kappa shape index (κ3) is 2.85. The van der Waals surface area contributed by atoms with Gasteiger partial charge in [0.2, 0.25) is 5.91 Å². The van der Waals surface area contributed by atoms with Crippen LogP contribution in [-0.2, 0) is 22.6 Å². The van der Waals surface area contributed by atoms with Crippen molar-refractivity contribution in [3.05, 3.63) is 17.0 Å². The van der Waals surface area contributed by atoms with Crippen molar-refractivity contribution in [3.63, 3.8) is 0 Å². The van der Waals surface area contributed by atoms with Crippen molar-refractivity contribution in [1.82, 2.24) is 14.7 Å². The number of amides is 1. The number of nitrogens with zero attached hydrogens (tertiary/aromatic N) is 3. The molecule has 2 rings (SSSR count). The predicted molar refractivity (Wildman–Crippen MR) is 71.9 cm³/mol. The third-order valence-corrected chi connectivity index (χ3v) is 3.84. The number of Topliss-reactive ketones (excluding diaryl/α,β-unsaturated/α-hetero) is 1. The Labute approximate surface area is 113 Å². The zero-order chi connectivity index (χ0) is 14.0. The Hall–Kier alpha value is -1.65. The van der Waals surface area contributed by atoms with Crippen molar-refractivity contribution >= 4 is 11.7 Å². The zero-order valence-corrected chi connectivity index (χ0v) is 11.9. The van der Waals surface area contributed by atoms with Gasteiger partial charge in [0.05, 0.1) is 5.69 Å². The van der Waals surface area contributed by atoms with Crippen LogP contribution in [0.2, 0.25) is 0 Å². The van der Waals surface area contributed by atoms with E-state index in [0.29, 0.717) is 25.9 Å². The van der Waals surface area contributed by atoms with Gasteiger partial charge in [-0.3, -0.25) is 14.3 Å². The van der Waals surface area contributed by atoms with Gasteiger partial charge in [-0.2, -0.15) is 5.10 Å². The summed E-state index contributed by atoms with van der Waals surface area (Å²) in [5.41, 5.74) is 3.30. The summed E-state index contributed by atoms with van der Waals surface area (Å²) in [4.78, 5) is 25.1. The van der Waals surface area contributed by atoms with Gasteiger partial charge in [0.1, 0.15) is 12.3 Å². The number of hydrogen-bond acceptors (Lipinski definition) is 3. The molecular formula is C14H21N3O2. The van der Waals surface area contributed by atoms with Gasteiger partial charge >= 0.3 is 0 Å². The van der Waals surface area contributed by atoms with Crippen LogP contribution in [0.5, 0.6) is 0 Å². The number of likely N-dealkylation sites (tertiary alicyclic amines) is 1. The fourth-order valence-electron chi connectivity index (χ4n) is 2.63. The highest BCUT2D eigenvalue weighted by Crippen LogP contribution is 2.14. The van der Waals surface area contributed by atoms with Crippen molar-refractivity contribution < 1.29 is 9.59 Å². The molecule has 0 N–H and O–H groups in total. The summed E-state index contributed by atoms with van der Waals surface area (Å²) in [6.45, 7) is 7.47. The first kappa shape index (κ1) is 13.8. The standard InChI is InChI=1S/C14H21N3O2/c1-4-13-10(2)15-17(11(13)3)9-14(19)16-7-5-12(18)6-8-16/h4-9H2,1-3H3. The molecule has 19 heavy (non-hydrogen) atoms. The van der Waals surface area contributed by atoms with Crippen LogP contribution in [0.1, 0.15) is 36.7 Å². The number of piperidine rings is 1. The van der Waals surface area contributed by atoms with E-state index in [-0.39, 0.29) is 18.2 Å². The summed E-state index contributed by atoms with van der Waals surface area (Å²) in [7, 11) is 0. The Morgan fingerprint density at radius 1 is 1.26 bits per heavy atom. The summed E-state index contributed by atoms with van der Waals surface area (Å²) < 4.78 is 1.78. The van der Waals surface area contributed by atoms with Crippen LogP contribution < -0.4 is 0 Å². The molecule has 1 amide bonds. The van der Waals surface area contributed by atoms with Gasteiger partial charge in [0.25, 0.3) is 0 Å². The minimum Gasteiger partial charge on any atom is -0.340 e. The molecule has 1 aromatic rings. The molecule has 0 bridgehead atoms. The van der Waals surface area contributed by atoms with E-state index in [4.69, 9.17) is 0 Å². The molecular weight excluding hydrogens is 242 g/mol. The van der Waals surface area contributed by atoms with Gasteiger partial charge < -0.3 is 4.90 Å². The number of rotatable bonds is 3. The summed E-state index contributed by atoms with van der Waals surface area (Å²) >= 11 is 0. The molecule has 0 saturated carbocycles. The van der Waals surface area contributed by atoms with Crippen LogP contribution in [0.25, 0.3) is 0 Å². The minimum absolute atomic E-state index is 0.0563. The molecule has 104 valence electrons. The van der Waals surface area contributed by atoms with Crippen molar-refractivity contribution in [2.75, 3.05) is 13.1 Å². The first-order valence-corrected chi connectivity index (χ1v) is 6.85. The smallest absolute Gasteiger partial charge is 0.244 e. The average molecular weight is 263 g/mol. The first-order valence-electron chi connectivity index (χ1n) is 6.85. The Morgan fingerprint density at radius 2 is 1.89 bits per heavy atom. The second-order valence-corrected chi connectivity index (χ2v) is 5.08. The number of hydrogen-bond donors (Lipinski definition) is 0. The molecule has 0 unspecified atom stereocenters. The van der Waals surface area contributed by atoms with Gasteiger partial charge in [0, 0.05) is 31.6 Å². The number of carbonyl (C=O) groups excluding carboxylic acids is 2. The zero-order valence-electron chi connectivity index (χ0n) is 11.9. The van der Waals surface area contributed by atoms with Gasteiger partial charge in [-0.1, -0.05) is 6.92 Å². The van der Waals surface area contributed by atoms with Crippen LogP contribution in [0.3, 0.4) is 0 Å². The lowest BCUT2D eigenvalue weighted by molar-refractivity contribution is -0.135. The minimum atomic E-state index is 0.0563. The van der Waals surface area contributed by atoms with E-state index in [2.05, 4.69) is 12.0 Å². The summed E-state index contributed by atoms with van der Waals surface area (Å²) in [6, 6.07) is 0. The van der Waals surface area contributed by atoms with E-state index in [1.165, 1.54) is 5.56 Å². The SMILES string of the molecule is CCc1c(C)nn(CC(=O)N2CCC(=O)CC2)c1C. The fraction of sp³-hybridized carbons (Fsp3) is 0.643. The van der Waals surface area contributed by atoms with Crippen molar-refractivity contribution in [2.24, 2.45) is 0 Å². The molecule has 1 aromatic heterocycles. The number of ketones is 1. The molecule has 5 heteroatoms. The largest absolute Gasteiger partial charge is 0.340 e. The molecule has 0 atom stereocenters. The lowest BCUT2D eigenvalue weighted by atomic mass is 10.1. The molecule has 1 aliphatic rings. The first-order chi connectivity index (χ1) is 9.02. The summed E-state index contributed by atoms with van der Waals surface area (Å²) in [5.74, 6) is 0.309. The topological polar surface area (TPSA) is 55.2 Å². The molecule has 0 aliphatic carbocycles. The van der Waals surface area contributed by atoms with Gasteiger partial charge in [0.15, 0.2) is 0 Å². The highest BCUT2D eigenvalue weighted by atomic mass is 16.2. The molecule has 0 radical (unpaired) electrons. The quantitative estimate of drug-likeness (QED) is 0.825. The second-order valence-electron chi connectivity index (χ2n) is 5.08. The lowest BCUT2D eigenvalue weighted by Crippen LogP contribution is -2.40. The van der Waals surface area contributed by atoms with Crippen LogP contribution >= 0.6 is 0 Å². The Bertz CT molecular complexity index is 495. The van der Waals surface area contributed by atoms with Gasteiger partial charge in [-0.25, -0.2) is 0 Å². The molecule has 0 spiro atoms. The van der Waals surface area contributed by atoms with E-state index in [9.17, 15) is 9.59 Å². The summed E-state index contributed by atoms with van der Waals surface area (Å²) in [6.07, 6.45) is 1.91. The summed E-state index contributed by atoms with van der Waals surface area (Å²) in [5, 5.41) is 4.43. The second kappa shape index (κ2) is 5.55. The Balaban J connectivity index is 2.05. The molecule has 0 aromatic carbocycles. The van der Waals surface area contributed by atoms with E-state index in [0.717, 1.165) is 17.8 Å². The number of aryl methyl sites for hydroxylation is 1. The molecule has 1 aliphatic heterocycles. The van der Waals surface area contributed by atoms with Crippen molar-refractivity contribution in [2.45, 2.75) is 46.6 Å². The Morgan fingerprint density at radius 3 is 2.42 bits per heavy atom. The molecule has 5 nitrogen and oxygen atoms in total. The highest BCUT2D eigenvalue weighted by molar-refractivity contribution is 5.83. The maximum absolute atomic E-state index is 12.2. The maximum Gasteiger partial charge on any atom is 0.244 e. The van der Waals surface area contributed by atoms with Crippen LogP contribution in [0.4, 0.5) is 0 Å². The average Bonchev–Trinajstić information content (AvgIpc) is 2.64. The van der Waals surface area contributed by atoms with E-state index < -0.39 is 0 Å². The highest BCUT2D eigenvalue weighted by Gasteiger charge is 2.22. The molecule has 1 saturated heterocycles. The maximum atomic E-state index is 12.2. The van der Waals surface area contributed by atoms with Gasteiger partial charge in [-0.15, -0.1) is 0 Å². The monoisotopic (exact) mass is 263 g/mol. The Kier molecular flexibility index (Phi) is 4.02. The van der Waals surface area contributed by atoms with Crippen LogP contribution in [-0.4, -0.2) is 39.5 Å². The predicted octanol–water partition coefficient (Wildman–Crippen LogP) is 1.25. The number of aromatic nitrogens is 2. The fourth-order valence-corrected chi connectivity index (χ4v) is 2.63. The van der Waals surface area contributed by atoms with Crippen LogP contribution in [0, 0.1) is 13.8 Å². The molecule has 1 fully saturated rings. The van der Waals surface area contributed by atoms with Crippen molar-refractivity contribution in [1.29, 1.82) is 0 Å². The third-order valence-electron chi connectivity index (χ3n) is 3.84. The van der Waals surface area contributed by atoms with E-state index >= 15 is 0 Å². The lowest BCUT2D eigenvalue weighted by Gasteiger charge is -2.26. The molecule has 2 heterocycles. The normalized spacial score (nSPS) is 15.9. The van der Waals surface area contributed by atoms with E-state index in [1.54, 1.807) is 9.58 Å². The van der Waals surface area contributed by atoms with Crippen LogP contribution in [0.15, 0.2) is 0 Å².